The smallest absolute Gasteiger partial charge is 0.233 e. The number of hydrogen-bond acceptors (Lipinski definition) is 4. The average Bonchev–Trinajstić information content (AvgIpc) is 2.99. The maximum Gasteiger partial charge on any atom is 0.233 e. The van der Waals surface area contributed by atoms with Crippen LogP contribution in [0.5, 0.6) is 0 Å². The fourth-order valence-corrected chi connectivity index (χ4v) is 5.09. The molecule has 1 aromatic carbocycles. The fraction of sp³-hybridized carbons (Fsp3) is 0.609. The summed E-state index contributed by atoms with van der Waals surface area (Å²) in [6.07, 6.45) is 3.93. The van der Waals surface area contributed by atoms with Crippen molar-refractivity contribution in [2.75, 3.05) is 37.6 Å². The zero-order valence-corrected chi connectivity index (χ0v) is 17.5. The van der Waals surface area contributed by atoms with E-state index in [2.05, 4.69) is 36.9 Å². The Hall–Kier alpha value is -2.37. The third kappa shape index (κ3) is 3.77. The van der Waals surface area contributed by atoms with E-state index in [1.807, 2.05) is 4.90 Å². The van der Waals surface area contributed by atoms with Crippen molar-refractivity contribution in [1.29, 1.82) is 0 Å². The highest BCUT2D eigenvalue weighted by atomic mass is 16.2. The van der Waals surface area contributed by atoms with Gasteiger partial charge in [-0.25, -0.2) is 0 Å². The van der Waals surface area contributed by atoms with Crippen LogP contribution in [0.3, 0.4) is 0 Å². The predicted molar refractivity (Wildman–Crippen MR) is 111 cm³/mol. The van der Waals surface area contributed by atoms with E-state index in [9.17, 15) is 14.4 Å². The molecule has 2 atom stereocenters. The lowest BCUT2D eigenvalue weighted by Gasteiger charge is -2.37. The van der Waals surface area contributed by atoms with Gasteiger partial charge in [-0.15, -0.1) is 0 Å². The molecule has 156 valence electrons. The first-order valence-electron chi connectivity index (χ1n) is 10.9. The van der Waals surface area contributed by atoms with Crippen molar-refractivity contribution in [3.63, 3.8) is 0 Å². The summed E-state index contributed by atoms with van der Waals surface area (Å²) in [5, 5.41) is 0. The minimum absolute atomic E-state index is 0.0427. The number of fused-ring (bicyclic) bond motifs is 1. The molecule has 1 aliphatic carbocycles. The fourth-order valence-electron chi connectivity index (χ4n) is 5.09. The van der Waals surface area contributed by atoms with Crippen molar-refractivity contribution in [2.45, 2.75) is 46.0 Å². The number of piperazine rings is 1. The van der Waals surface area contributed by atoms with Crippen molar-refractivity contribution in [1.82, 2.24) is 9.80 Å². The number of imide groups is 1. The Labute approximate surface area is 172 Å². The maximum atomic E-state index is 12.7. The molecule has 0 N–H and O–H groups in total. The third-order valence-electron chi connectivity index (χ3n) is 7.03. The van der Waals surface area contributed by atoms with Gasteiger partial charge in [0.25, 0.3) is 0 Å². The van der Waals surface area contributed by atoms with E-state index in [-0.39, 0.29) is 42.5 Å². The van der Waals surface area contributed by atoms with Gasteiger partial charge in [0, 0.05) is 44.8 Å². The highest BCUT2D eigenvalue weighted by Gasteiger charge is 2.47. The summed E-state index contributed by atoms with van der Waals surface area (Å²) in [6.45, 7) is 7.47. The molecule has 3 aliphatic rings. The SMILES string of the molecule is Cc1cccc(N2CCN(C(=O)CCN3C(=O)C4CCCCC4C3=O)CC2)c1C. The van der Waals surface area contributed by atoms with Crippen LogP contribution in [-0.2, 0) is 14.4 Å². The summed E-state index contributed by atoms with van der Waals surface area (Å²) in [5.41, 5.74) is 3.81. The molecule has 4 rings (SSSR count). The Balaban J connectivity index is 1.30. The van der Waals surface area contributed by atoms with Crippen LogP contribution < -0.4 is 4.90 Å². The molecule has 6 heteroatoms. The molecule has 3 fully saturated rings. The number of benzene rings is 1. The topological polar surface area (TPSA) is 60.9 Å². The number of carbonyl (C=O) groups is 3. The summed E-state index contributed by atoms with van der Waals surface area (Å²) in [5.74, 6) is -0.319. The van der Waals surface area contributed by atoms with Crippen LogP contribution in [0.1, 0.15) is 43.2 Å². The van der Waals surface area contributed by atoms with Gasteiger partial charge in [-0.05, 0) is 43.9 Å². The Morgan fingerprint density at radius 1 is 0.966 bits per heavy atom. The Kier molecular flexibility index (Phi) is 5.61. The Morgan fingerprint density at radius 3 is 2.21 bits per heavy atom. The molecule has 1 saturated carbocycles. The van der Waals surface area contributed by atoms with Crippen molar-refractivity contribution < 1.29 is 14.4 Å². The van der Waals surface area contributed by atoms with Crippen LogP contribution >= 0.6 is 0 Å². The van der Waals surface area contributed by atoms with E-state index in [0.29, 0.717) is 13.1 Å². The molecule has 2 saturated heterocycles. The average molecular weight is 398 g/mol. The van der Waals surface area contributed by atoms with Crippen LogP contribution in [0.15, 0.2) is 18.2 Å². The summed E-state index contributed by atoms with van der Waals surface area (Å²) in [4.78, 5) is 43.4. The second-order valence-electron chi connectivity index (χ2n) is 8.66. The standard InChI is InChI=1S/C23H31N3O3/c1-16-6-5-9-20(17(16)2)24-12-14-25(15-13-24)21(27)10-11-26-22(28)18-7-3-4-8-19(18)23(26)29/h5-6,9,18-19H,3-4,7-8,10-15H2,1-2H3. The monoisotopic (exact) mass is 397 g/mol. The lowest BCUT2D eigenvalue weighted by molar-refractivity contribution is -0.140. The minimum Gasteiger partial charge on any atom is -0.368 e. The van der Waals surface area contributed by atoms with Crippen molar-refractivity contribution in [3.8, 4) is 0 Å². The summed E-state index contributed by atoms with van der Waals surface area (Å²) in [6, 6.07) is 6.34. The molecular formula is C23H31N3O3. The zero-order chi connectivity index (χ0) is 20.5. The molecule has 3 amide bonds. The normalized spacial score (nSPS) is 24.8. The number of aryl methyl sites for hydroxylation is 1. The van der Waals surface area contributed by atoms with Gasteiger partial charge < -0.3 is 9.80 Å². The molecule has 2 heterocycles. The second-order valence-corrected chi connectivity index (χ2v) is 8.66. The van der Waals surface area contributed by atoms with E-state index < -0.39 is 0 Å². The Morgan fingerprint density at radius 2 is 1.59 bits per heavy atom. The number of rotatable bonds is 4. The van der Waals surface area contributed by atoms with Gasteiger partial charge in [-0.2, -0.15) is 0 Å². The van der Waals surface area contributed by atoms with Gasteiger partial charge >= 0.3 is 0 Å². The van der Waals surface area contributed by atoms with E-state index in [4.69, 9.17) is 0 Å². The first-order valence-corrected chi connectivity index (χ1v) is 10.9. The molecular weight excluding hydrogens is 366 g/mol. The van der Waals surface area contributed by atoms with Crippen LogP contribution in [0, 0.1) is 25.7 Å². The first kappa shape index (κ1) is 19.9. The van der Waals surface area contributed by atoms with E-state index in [1.165, 1.54) is 21.7 Å². The summed E-state index contributed by atoms with van der Waals surface area (Å²) in [7, 11) is 0. The van der Waals surface area contributed by atoms with Gasteiger partial charge in [0.1, 0.15) is 0 Å². The van der Waals surface area contributed by atoms with Gasteiger partial charge in [-0.1, -0.05) is 25.0 Å². The zero-order valence-electron chi connectivity index (χ0n) is 17.5. The number of likely N-dealkylation sites (tertiary alicyclic amines) is 1. The number of anilines is 1. The molecule has 29 heavy (non-hydrogen) atoms. The number of nitrogens with zero attached hydrogens (tertiary/aromatic N) is 3. The van der Waals surface area contributed by atoms with Gasteiger partial charge in [0.2, 0.25) is 17.7 Å². The maximum absolute atomic E-state index is 12.7. The van der Waals surface area contributed by atoms with Crippen molar-refractivity contribution in [2.24, 2.45) is 11.8 Å². The molecule has 2 unspecified atom stereocenters. The van der Waals surface area contributed by atoms with Crippen LogP contribution in [0.4, 0.5) is 5.69 Å². The van der Waals surface area contributed by atoms with Crippen LogP contribution in [-0.4, -0.2) is 60.2 Å². The van der Waals surface area contributed by atoms with E-state index in [0.717, 1.165) is 38.8 Å². The molecule has 0 aromatic heterocycles. The molecule has 6 nitrogen and oxygen atoms in total. The lowest BCUT2D eigenvalue weighted by atomic mass is 9.81. The molecule has 0 spiro atoms. The van der Waals surface area contributed by atoms with Crippen LogP contribution in [0.25, 0.3) is 0 Å². The highest BCUT2D eigenvalue weighted by Crippen LogP contribution is 2.38. The van der Waals surface area contributed by atoms with Crippen molar-refractivity contribution >= 4 is 23.4 Å². The van der Waals surface area contributed by atoms with Gasteiger partial charge in [-0.3, -0.25) is 19.3 Å². The quantitative estimate of drug-likeness (QED) is 0.733. The van der Waals surface area contributed by atoms with Gasteiger partial charge in [0.05, 0.1) is 11.8 Å². The second kappa shape index (κ2) is 8.17. The highest BCUT2D eigenvalue weighted by molar-refractivity contribution is 6.05. The molecule has 0 radical (unpaired) electrons. The third-order valence-corrected chi connectivity index (χ3v) is 7.03. The van der Waals surface area contributed by atoms with Gasteiger partial charge in [0.15, 0.2) is 0 Å². The molecule has 2 aliphatic heterocycles. The lowest BCUT2D eigenvalue weighted by Crippen LogP contribution is -2.49. The minimum atomic E-state index is -0.132. The first-order chi connectivity index (χ1) is 14.0. The predicted octanol–water partition coefficient (Wildman–Crippen LogP) is 2.52. The van der Waals surface area contributed by atoms with E-state index in [1.54, 1.807) is 0 Å². The number of carbonyl (C=O) groups excluding carboxylic acids is 3. The molecule has 0 bridgehead atoms. The van der Waals surface area contributed by atoms with E-state index >= 15 is 0 Å². The number of hydrogen-bond donors (Lipinski definition) is 0. The summed E-state index contributed by atoms with van der Waals surface area (Å²) < 4.78 is 0. The largest absolute Gasteiger partial charge is 0.368 e. The molecule has 1 aromatic rings. The summed E-state index contributed by atoms with van der Waals surface area (Å²) >= 11 is 0. The van der Waals surface area contributed by atoms with Crippen LogP contribution in [0.2, 0.25) is 0 Å². The van der Waals surface area contributed by atoms with Crippen molar-refractivity contribution in [3.05, 3.63) is 29.3 Å². The number of amides is 3. The Bertz CT molecular complexity index is 790.